The normalized spacial score (nSPS) is 11.9. The molecule has 27 heavy (non-hydrogen) atoms. The topological polar surface area (TPSA) is 53.3 Å². The smallest absolute Gasteiger partial charge is 0.176 e. The van der Waals surface area contributed by atoms with Gasteiger partial charge in [-0.25, -0.2) is 4.98 Å². The van der Waals surface area contributed by atoms with E-state index < -0.39 is 0 Å². The zero-order valence-electron chi connectivity index (χ0n) is 15.8. The van der Waals surface area contributed by atoms with Gasteiger partial charge in [-0.05, 0) is 30.7 Å². The van der Waals surface area contributed by atoms with Crippen molar-refractivity contribution in [2.45, 2.75) is 17.3 Å². The largest absolute Gasteiger partial charge is 0.493 e. The molecular weight excluding hydrogens is 360 g/mol. The number of hydrogen-bond donors (Lipinski definition) is 0. The van der Waals surface area contributed by atoms with E-state index in [1.54, 1.807) is 32.4 Å². The van der Waals surface area contributed by atoms with Gasteiger partial charge in [-0.2, -0.15) is 0 Å². The molecule has 6 heteroatoms. The molecule has 1 heterocycles. The van der Waals surface area contributed by atoms with Crippen molar-refractivity contribution in [1.29, 1.82) is 0 Å². The van der Waals surface area contributed by atoms with Gasteiger partial charge in [0.25, 0.3) is 0 Å². The fourth-order valence-corrected chi connectivity index (χ4v) is 3.74. The van der Waals surface area contributed by atoms with Crippen molar-refractivity contribution in [3.63, 3.8) is 0 Å². The number of aromatic nitrogens is 2. The Kier molecular flexibility index (Phi) is 5.86. The lowest BCUT2D eigenvalue weighted by Crippen LogP contribution is -2.14. The third kappa shape index (κ3) is 4.01. The lowest BCUT2D eigenvalue weighted by Gasteiger charge is -2.13. The Balaban J connectivity index is 1.79. The fourth-order valence-electron chi connectivity index (χ4n) is 2.82. The molecule has 0 aliphatic carbocycles. The van der Waals surface area contributed by atoms with Crippen LogP contribution in [0.15, 0.2) is 59.9 Å². The van der Waals surface area contributed by atoms with Crippen molar-refractivity contribution in [2.24, 2.45) is 7.05 Å². The molecule has 0 fully saturated rings. The molecule has 1 atom stereocenters. The SMILES string of the molecule is COc1ccc(C(=O)C(C)Sc2ncc(-c3ccccc3)n2C)cc1OC. The fraction of sp³-hybridized carbons (Fsp3) is 0.238. The maximum Gasteiger partial charge on any atom is 0.176 e. The monoisotopic (exact) mass is 382 g/mol. The molecule has 2 aromatic carbocycles. The molecule has 0 aliphatic heterocycles. The number of methoxy groups -OCH3 is 2. The first-order valence-corrected chi connectivity index (χ1v) is 9.43. The number of hydrogen-bond acceptors (Lipinski definition) is 5. The summed E-state index contributed by atoms with van der Waals surface area (Å²) in [6, 6.07) is 15.3. The maximum absolute atomic E-state index is 12.9. The van der Waals surface area contributed by atoms with Crippen molar-refractivity contribution >= 4 is 17.5 Å². The molecule has 0 bridgehead atoms. The number of rotatable bonds is 7. The van der Waals surface area contributed by atoms with E-state index >= 15 is 0 Å². The van der Waals surface area contributed by atoms with Gasteiger partial charge in [-0.3, -0.25) is 4.79 Å². The number of carbonyl (C=O) groups is 1. The second kappa shape index (κ2) is 8.31. The van der Waals surface area contributed by atoms with Gasteiger partial charge in [0.2, 0.25) is 0 Å². The predicted molar refractivity (Wildman–Crippen MR) is 108 cm³/mol. The number of Topliss-reactive ketones (excluding diaryl/α,β-unsaturated/α-hetero) is 1. The van der Waals surface area contributed by atoms with Crippen molar-refractivity contribution in [2.75, 3.05) is 14.2 Å². The summed E-state index contributed by atoms with van der Waals surface area (Å²) < 4.78 is 12.5. The van der Waals surface area contributed by atoms with Gasteiger partial charge in [0.15, 0.2) is 22.4 Å². The van der Waals surface area contributed by atoms with Crippen LogP contribution in [0.2, 0.25) is 0 Å². The number of ketones is 1. The highest BCUT2D eigenvalue weighted by molar-refractivity contribution is 8.00. The van der Waals surface area contributed by atoms with E-state index in [0.717, 1.165) is 16.4 Å². The average molecular weight is 382 g/mol. The zero-order chi connectivity index (χ0) is 19.4. The van der Waals surface area contributed by atoms with E-state index in [4.69, 9.17) is 9.47 Å². The van der Waals surface area contributed by atoms with Crippen LogP contribution in [0.1, 0.15) is 17.3 Å². The van der Waals surface area contributed by atoms with Gasteiger partial charge in [0.1, 0.15) is 0 Å². The van der Waals surface area contributed by atoms with Gasteiger partial charge in [0, 0.05) is 12.6 Å². The Hall–Kier alpha value is -2.73. The van der Waals surface area contributed by atoms with E-state index in [9.17, 15) is 4.79 Å². The van der Waals surface area contributed by atoms with E-state index in [-0.39, 0.29) is 11.0 Å². The number of nitrogens with zero attached hydrogens (tertiary/aromatic N) is 2. The number of benzene rings is 2. The van der Waals surface area contributed by atoms with Crippen molar-refractivity contribution in [3.05, 3.63) is 60.3 Å². The molecule has 5 nitrogen and oxygen atoms in total. The molecule has 3 rings (SSSR count). The summed E-state index contributed by atoms with van der Waals surface area (Å²) in [5.41, 5.74) is 2.70. The van der Waals surface area contributed by atoms with Gasteiger partial charge >= 0.3 is 0 Å². The Morgan fingerprint density at radius 1 is 1.07 bits per heavy atom. The van der Waals surface area contributed by atoms with Crippen molar-refractivity contribution in [3.8, 4) is 22.8 Å². The van der Waals surface area contributed by atoms with Gasteiger partial charge in [0.05, 0.1) is 31.4 Å². The van der Waals surface area contributed by atoms with Crippen LogP contribution in [0.5, 0.6) is 11.5 Å². The van der Waals surface area contributed by atoms with E-state index in [0.29, 0.717) is 17.1 Å². The minimum atomic E-state index is -0.284. The standard InChI is InChI=1S/C21H22N2O3S/c1-14(20(24)16-10-11-18(25-3)19(12-16)26-4)27-21-22-13-17(23(21)2)15-8-6-5-7-9-15/h5-14H,1-4H3. The van der Waals surface area contributed by atoms with Gasteiger partial charge in [-0.1, -0.05) is 42.1 Å². The summed E-state index contributed by atoms with van der Waals surface area (Å²) >= 11 is 1.44. The molecule has 140 valence electrons. The van der Waals surface area contributed by atoms with Crippen molar-refractivity contribution in [1.82, 2.24) is 9.55 Å². The van der Waals surface area contributed by atoms with Gasteiger partial charge < -0.3 is 14.0 Å². The Morgan fingerprint density at radius 2 is 1.78 bits per heavy atom. The van der Waals surface area contributed by atoms with Crippen LogP contribution >= 0.6 is 11.8 Å². The number of imidazole rings is 1. The highest BCUT2D eigenvalue weighted by atomic mass is 32.2. The summed E-state index contributed by atoms with van der Waals surface area (Å²) in [5, 5.41) is 0.517. The Morgan fingerprint density at radius 3 is 2.44 bits per heavy atom. The minimum absolute atomic E-state index is 0.0187. The van der Waals surface area contributed by atoms with E-state index in [1.165, 1.54) is 11.8 Å². The molecular formula is C21H22N2O3S. The number of carbonyl (C=O) groups excluding carboxylic acids is 1. The highest BCUT2D eigenvalue weighted by Gasteiger charge is 2.21. The van der Waals surface area contributed by atoms with Crippen LogP contribution in [0.25, 0.3) is 11.3 Å². The van der Waals surface area contributed by atoms with E-state index in [2.05, 4.69) is 4.98 Å². The van der Waals surface area contributed by atoms with Crippen LogP contribution < -0.4 is 9.47 Å². The first-order valence-electron chi connectivity index (χ1n) is 8.55. The highest BCUT2D eigenvalue weighted by Crippen LogP contribution is 2.31. The maximum atomic E-state index is 12.9. The quantitative estimate of drug-likeness (QED) is 0.446. The number of thioether (sulfide) groups is 1. The van der Waals surface area contributed by atoms with Gasteiger partial charge in [-0.15, -0.1) is 0 Å². The molecule has 1 aromatic heterocycles. The summed E-state index contributed by atoms with van der Waals surface area (Å²) in [6.07, 6.45) is 1.84. The third-order valence-corrected chi connectivity index (χ3v) is 5.49. The molecule has 0 aliphatic rings. The van der Waals surface area contributed by atoms with Crippen LogP contribution in [0.4, 0.5) is 0 Å². The average Bonchev–Trinajstić information content (AvgIpc) is 3.07. The van der Waals surface area contributed by atoms with Crippen LogP contribution in [-0.4, -0.2) is 34.8 Å². The van der Waals surface area contributed by atoms with E-state index in [1.807, 2.05) is 55.1 Å². The summed E-state index contributed by atoms with van der Waals surface area (Å²) in [6.45, 7) is 1.89. The Labute approximate surface area is 163 Å². The molecule has 0 spiro atoms. The first kappa shape index (κ1) is 19.0. The number of ether oxygens (including phenoxy) is 2. The molecule has 0 N–H and O–H groups in total. The van der Waals surface area contributed by atoms with Crippen LogP contribution in [0.3, 0.4) is 0 Å². The molecule has 0 saturated carbocycles. The summed E-state index contributed by atoms with van der Waals surface area (Å²) in [5.74, 6) is 1.17. The molecule has 0 saturated heterocycles. The van der Waals surface area contributed by atoms with Crippen LogP contribution in [-0.2, 0) is 7.05 Å². The second-order valence-corrected chi connectivity index (χ2v) is 7.35. The lowest BCUT2D eigenvalue weighted by atomic mass is 10.1. The molecule has 0 amide bonds. The molecule has 3 aromatic rings. The van der Waals surface area contributed by atoms with Crippen molar-refractivity contribution < 1.29 is 14.3 Å². The van der Waals surface area contributed by atoms with Crippen LogP contribution in [0, 0.1) is 0 Å². The summed E-state index contributed by atoms with van der Waals surface area (Å²) in [7, 11) is 5.10. The summed E-state index contributed by atoms with van der Waals surface area (Å²) in [4.78, 5) is 17.3. The second-order valence-electron chi connectivity index (χ2n) is 6.05. The third-order valence-electron chi connectivity index (χ3n) is 4.33. The molecule has 1 unspecified atom stereocenters. The lowest BCUT2D eigenvalue weighted by molar-refractivity contribution is 0.0993. The minimum Gasteiger partial charge on any atom is -0.493 e. The Bertz CT molecular complexity index is 938. The molecule has 0 radical (unpaired) electrons. The first-order chi connectivity index (χ1) is 13.0. The predicted octanol–water partition coefficient (Wildman–Crippen LogP) is 4.47. The zero-order valence-corrected chi connectivity index (χ0v) is 16.6.